The lowest BCUT2D eigenvalue weighted by atomic mass is 10.1. The minimum Gasteiger partial charge on any atom is -0.493 e. The van der Waals surface area contributed by atoms with Gasteiger partial charge in [0.25, 0.3) is 5.91 Å². The number of hydrogen-bond donors (Lipinski definition) is 2. The van der Waals surface area contributed by atoms with Crippen LogP contribution in [0.1, 0.15) is 16.1 Å². The van der Waals surface area contributed by atoms with Gasteiger partial charge in [0.2, 0.25) is 0 Å². The number of rotatable bonds is 4. The normalized spacial score (nSPS) is 13.9. The van der Waals surface area contributed by atoms with Crippen molar-refractivity contribution in [3.8, 4) is 16.3 Å². The minimum absolute atomic E-state index is 0.311. The molecule has 3 N–H and O–H groups in total. The molecule has 0 aliphatic carbocycles. The first-order valence-corrected chi connectivity index (χ1v) is 7.96. The molecule has 0 unspecified atom stereocenters. The zero-order chi connectivity index (χ0) is 16.2. The molecule has 1 aliphatic heterocycles. The van der Waals surface area contributed by atoms with Gasteiger partial charge < -0.3 is 15.8 Å². The van der Waals surface area contributed by atoms with Crippen molar-refractivity contribution in [2.24, 2.45) is 10.7 Å². The summed E-state index contributed by atoms with van der Waals surface area (Å²) >= 11 is 1.43. The van der Waals surface area contributed by atoms with E-state index in [0.717, 1.165) is 29.3 Å². The van der Waals surface area contributed by atoms with Crippen LogP contribution in [0.15, 0.2) is 40.5 Å². The average molecular weight is 328 g/mol. The van der Waals surface area contributed by atoms with Gasteiger partial charge in [-0.3, -0.25) is 9.79 Å². The van der Waals surface area contributed by atoms with Gasteiger partial charge in [-0.15, -0.1) is 11.3 Å². The fraction of sp³-hybridized carbons (Fsp3) is 0.188. The summed E-state index contributed by atoms with van der Waals surface area (Å²) in [6.07, 6.45) is 3.67. The second-order valence-corrected chi connectivity index (χ2v) is 5.78. The van der Waals surface area contributed by atoms with E-state index in [9.17, 15) is 4.79 Å². The maximum Gasteiger partial charge on any atom is 0.275 e. The van der Waals surface area contributed by atoms with E-state index >= 15 is 0 Å². The molecular weight excluding hydrogens is 312 g/mol. The van der Waals surface area contributed by atoms with E-state index in [0.29, 0.717) is 11.4 Å². The van der Waals surface area contributed by atoms with Crippen LogP contribution in [-0.2, 0) is 6.42 Å². The number of nitrogens with one attached hydrogen (secondary N) is 1. The monoisotopic (exact) mass is 328 g/mol. The third kappa shape index (κ3) is 3.24. The number of benzene rings is 1. The highest BCUT2D eigenvalue weighted by atomic mass is 32.1. The number of amides is 1. The van der Waals surface area contributed by atoms with Crippen LogP contribution < -0.4 is 15.8 Å². The highest BCUT2D eigenvalue weighted by molar-refractivity contribution is 7.13. The van der Waals surface area contributed by atoms with Crippen LogP contribution in [-0.4, -0.2) is 30.8 Å². The quantitative estimate of drug-likeness (QED) is 0.840. The lowest BCUT2D eigenvalue weighted by Gasteiger charge is -2.02. The highest BCUT2D eigenvalue weighted by Gasteiger charge is 2.16. The van der Waals surface area contributed by atoms with Crippen molar-refractivity contribution in [3.63, 3.8) is 0 Å². The Labute approximate surface area is 137 Å². The molecule has 0 atom stereocenters. The number of aliphatic imine (C=N–C) groups is 1. The van der Waals surface area contributed by atoms with E-state index in [4.69, 9.17) is 10.5 Å². The molecule has 118 valence electrons. The number of aromatic nitrogens is 1. The van der Waals surface area contributed by atoms with E-state index in [1.807, 2.05) is 12.1 Å². The summed E-state index contributed by atoms with van der Waals surface area (Å²) in [5.74, 6) is 0.619. The maximum atomic E-state index is 12.2. The van der Waals surface area contributed by atoms with Crippen LogP contribution in [0.2, 0.25) is 0 Å². The first-order chi connectivity index (χ1) is 11.2. The average Bonchev–Trinajstić information content (AvgIpc) is 3.22. The zero-order valence-corrected chi connectivity index (χ0v) is 13.4. The molecule has 0 bridgehead atoms. The summed E-state index contributed by atoms with van der Waals surface area (Å²) in [6, 6.07) is 5.98. The molecule has 0 fully saturated rings. The fourth-order valence-corrected chi connectivity index (χ4v) is 3.08. The molecule has 1 amide bonds. The van der Waals surface area contributed by atoms with Crippen molar-refractivity contribution in [2.75, 3.05) is 13.7 Å². The second kappa shape index (κ2) is 6.62. The van der Waals surface area contributed by atoms with Crippen LogP contribution in [0, 0.1) is 0 Å². The summed E-state index contributed by atoms with van der Waals surface area (Å²) in [5, 5.41) is 5.19. The van der Waals surface area contributed by atoms with E-state index in [1.165, 1.54) is 29.3 Å². The van der Waals surface area contributed by atoms with Gasteiger partial charge in [-0.25, -0.2) is 4.98 Å². The topological polar surface area (TPSA) is 89.6 Å². The number of nitrogens with two attached hydrogens (primary N) is 1. The third-order valence-corrected chi connectivity index (χ3v) is 4.27. The van der Waals surface area contributed by atoms with Gasteiger partial charge in [0.1, 0.15) is 16.5 Å². The first-order valence-electron chi connectivity index (χ1n) is 7.08. The highest BCUT2D eigenvalue weighted by Crippen LogP contribution is 2.31. The molecule has 0 saturated carbocycles. The Kier molecular flexibility index (Phi) is 4.38. The number of carbonyl (C=O) groups is 1. The van der Waals surface area contributed by atoms with E-state index < -0.39 is 0 Å². The van der Waals surface area contributed by atoms with Gasteiger partial charge in [0, 0.05) is 36.8 Å². The Hall–Kier alpha value is -2.67. The minimum atomic E-state index is -0.311. The van der Waals surface area contributed by atoms with Crippen LogP contribution in [0.5, 0.6) is 5.75 Å². The van der Waals surface area contributed by atoms with Crippen LogP contribution in [0.3, 0.4) is 0 Å². The second-order valence-electron chi connectivity index (χ2n) is 4.92. The molecular formula is C16H16N4O2S. The number of hydrogen-bond acceptors (Lipinski definition) is 6. The number of allylic oxidation sites excluding steroid dienone is 1. The Morgan fingerprint density at radius 2 is 2.39 bits per heavy atom. The Balaban J connectivity index is 1.79. The number of thiazole rings is 1. The Morgan fingerprint density at radius 3 is 3.17 bits per heavy atom. The molecule has 3 rings (SSSR count). The number of fused-ring (bicyclic) bond motifs is 1. The largest absolute Gasteiger partial charge is 0.493 e. The lowest BCUT2D eigenvalue weighted by Crippen LogP contribution is -2.24. The van der Waals surface area contributed by atoms with Crippen molar-refractivity contribution < 1.29 is 9.53 Å². The van der Waals surface area contributed by atoms with Gasteiger partial charge in [-0.05, 0) is 23.8 Å². The Bertz CT molecular complexity index is 795. The van der Waals surface area contributed by atoms with Gasteiger partial charge in [-0.2, -0.15) is 0 Å². The van der Waals surface area contributed by atoms with Crippen molar-refractivity contribution >= 4 is 23.5 Å². The van der Waals surface area contributed by atoms with Gasteiger partial charge in [0.15, 0.2) is 0 Å². The smallest absolute Gasteiger partial charge is 0.275 e. The van der Waals surface area contributed by atoms with Gasteiger partial charge in [0.05, 0.1) is 12.3 Å². The third-order valence-electron chi connectivity index (χ3n) is 3.38. The first kappa shape index (κ1) is 15.2. The van der Waals surface area contributed by atoms with Crippen molar-refractivity contribution in [1.82, 2.24) is 10.3 Å². The fourth-order valence-electron chi connectivity index (χ4n) is 2.28. The predicted molar refractivity (Wildman–Crippen MR) is 90.9 cm³/mol. The number of nitrogens with zero attached hydrogens (tertiary/aromatic N) is 2. The maximum absolute atomic E-state index is 12.2. The molecule has 6 nitrogen and oxygen atoms in total. The molecule has 1 aromatic carbocycles. The molecule has 1 aromatic heterocycles. The summed E-state index contributed by atoms with van der Waals surface area (Å²) in [6.45, 7) is 0.720. The number of carbonyl (C=O) groups excluding carboxylic acids is 1. The Morgan fingerprint density at radius 1 is 1.52 bits per heavy atom. The van der Waals surface area contributed by atoms with Crippen molar-refractivity contribution in [3.05, 3.63) is 46.7 Å². The van der Waals surface area contributed by atoms with Crippen molar-refractivity contribution in [2.45, 2.75) is 6.42 Å². The van der Waals surface area contributed by atoms with Gasteiger partial charge in [-0.1, -0.05) is 0 Å². The van der Waals surface area contributed by atoms with Gasteiger partial charge >= 0.3 is 0 Å². The molecule has 0 saturated heterocycles. The molecule has 0 radical (unpaired) electrons. The summed E-state index contributed by atoms with van der Waals surface area (Å²) in [7, 11) is 1.61. The van der Waals surface area contributed by atoms with E-state index in [-0.39, 0.29) is 5.91 Å². The molecule has 1 aliphatic rings. The lowest BCUT2D eigenvalue weighted by molar-refractivity contribution is 0.0964. The standard InChI is InChI=1S/C16H16N4O2S/c1-18-8-12(7-17)19-15(21)13-9-23-16(20-13)11-2-3-14-10(6-11)4-5-22-14/h2-3,6-9H,4-5,17H2,1H3,(H,19,21). The van der Waals surface area contributed by atoms with Crippen LogP contribution in [0.25, 0.3) is 10.6 Å². The van der Waals surface area contributed by atoms with E-state index in [2.05, 4.69) is 21.4 Å². The summed E-state index contributed by atoms with van der Waals surface area (Å²) < 4.78 is 5.50. The molecule has 23 heavy (non-hydrogen) atoms. The van der Waals surface area contributed by atoms with Crippen molar-refractivity contribution in [1.29, 1.82) is 0 Å². The number of ether oxygens (including phenoxy) is 1. The summed E-state index contributed by atoms with van der Waals surface area (Å²) in [5.41, 5.74) is 8.39. The molecule has 2 heterocycles. The summed E-state index contributed by atoms with van der Waals surface area (Å²) in [4.78, 5) is 20.4. The zero-order valence-electron chi connectivity index (χ0n) is 12.6. The van der Waals surface area contributed by atoms with Crippen LogP contribution in [0.4, 0.5) is 0 Å². The molecule has 7 heteroatoms. The van der Waals surface area contributed by atoms with E-state index in [1.54, 1.807) is 12.4 Å². The SMILES string of the molecule is CN=CC(=CN)NC(=O)c1csc(-c2ccc3c(c2)CCO3)n1. The van der Waals surface area contributed by atoms with Crippen LogP contribution >= 0.6 is 11.3 Å². The molecule has 2 aromatic rings. The predicted octanol–water partition coefficient (Wildman–Crippen LogP) is 1.98. The molecule has 0 spiro atoms.